The van der Waals surface area contributed by atoms with E-state index in [1.807, 2.05) is 0 Å². The van der Waals surface area contributed by atoms with E-state index in [-0.39, 0.29) is 23.9 Å². The van der Waals surface area contributed by atoms with E-state index in [4.69, 9.17) is 11.6 Å². The van der Waals surface area contributed by atoms with E-state index in [1.54, 1.807) is 23.1 Å². The molecular weight excluding hydrogens is 370 g/mol. The van der Waals surface area contributed by atoms with Gasteiger partial charge in [0.25, 0.3) is 5.91 Å². The summed E-state index contributed by atoms with van der Waals surface area (Å²) in [7, 11) is 0. The van der Waals surface area contributed by atoms with Crippen LogP contribution in [0.1, 0.15) is 42.5 Å². The molecule has 4 rings (SSSR count). The quantitative estimate of drug-likeness (QED) is 0.828. The lowest BCUT2D eigenvalue weighted by Gasteiger charge is -2.33. The van der Waals surface area contributed by atoms with Crippen molar-refractivity contribution in [2.75, 3.05) is 18.0 Å². The van der Waals surface area contributed by atoms with Crippen molar-refractivity contribution in [3.05, 3.63) is 28.8 Å². The Bertz CT molecular complexity index is 799. The van der Waals surface area contributed by atoms with Gasteiger partial charge in [0.15, 0.2) is 0 Å². The lowest BCUT2D eigenvalue weighted by atomic mass is 9.84. The number of fused-ring (bicyclic) bond motifs is 1. The minimum Gasteiger partial charge on any atom is -0.480 e. The van der Waals surface area contributed by atoms with Crippen LogP contribution < -0.4 is 10.2 Å². The zero-order valence-electron chi connectivity index (χ0n) is 14.9. The summed E-state index contributed by atoms with van der Waals surface area (Å²) in [6.07, 6.45) is 4.43. The number of hydrogen-bond acceptors (Lipinski definition) is 3. The van der Waals surface area contributed by atoms with Crippen molar-refractivity contribution in [2.24, 2.45) is 5.92 Å². The molecule has 0 aromatic heterocycles. The molecule has 2 heterocycles. The van der Waals surface area contributed by atoms with E-state index >= 15 is 0 Å². The molecule has 27 heavy (non-hydrogen) atoms. The second-order valence-corrected chi connectivity index (χ2v) is 7.87. The predicted molar refractivity (Wildman–Crippen MR) is 100 cm³/mol. The molecule has 1 aliphatic carbocycles. The van der Waals surface area contributed by atoms with Gasteiger partial charge in [-0.1, -0.05) is 24.4 Å². The minimum atomic E-state index is -0.953. The van der Waals surface area contributed by atoms with E-state index in [9.17, 15) is 19.5 Å². The van der Waals surface area contributed by atoms with Crippen LogP contribution in [0.25, 0.3) is 0 Å². The van der Waals surface area contributed by atoms with Crippen molar-refractivity contribution in [1.29, 1.82) is 0 Å². The number of rotatable bonds is 3. The molecule has 3 fully saturated rings. The third-order valence-corrected chi connectivity index (χ3v) is 6.27. The van der Waals surface area contributed by atoms with Crippen molar-refractivity contribution in [2.45, 2.75) is 44.2 Å². The van der Waals surface area contributed by atoms with Crippen molar-refractivity contribution in [1.82, 2.24) is 10.2 Å². The molecule has 0 unspecified atom stereocenters. The zero-order valence-corrected chi connectivity index (χ0v) is 15.6. The monoisotopic (exact) mass is 391 g/mol. The lowest BCUT2D eigenvalue weighted by Crippen LogP contribution is -2.46. The number of carboxylic acids is 1. The number of carbonyl (C=O) groups is 3. The van der Waals surface area contributed by atoms with Crippen LogP contribution in [0, 0.1) is 5.92 Å². The molecule has 3 aliphatic rings. The highest BCUT2D eigenvalue weighted by Crippen LogP contribution is 2.41. The first kappa shape index (κ1) is 18.1. The first-order valence-corrected chi connectivity index (χ1v) is 9.75. The summed E-state index contributed by atoms with van der Waals surface area (Å²) in [6, 6.07) is 3.74. The number of likely N-dealkylation sites (tertiary alicyclic amines) is 1. The van der Waals surface area contributed by atoms with Crippen LogP contribution in [-0.4, -0.2) is 53.1 Å². The number of aliphatic carboxylic acids is 1. The van der Waals surface area contributed by atoms with Crippen LogP contribution in [-0.2, 0) is 4.79 Å². The van der Waals surface area contributed by atoms with Gasteiger partial charge in [0.1, 0.15) is 6.04 Å². The summed E-state index contributed by atoms with van der Waals surface area (Å²) < 4.78 is 0. The van der Waals surface area contributed by atoms with Gasteiger partial charge in [-0.05, 0) is 43.4 Å². The van der Waals surface area contributed by atoms with Crippen LogP contribution >= 0.6 is 11.6 Å². The fraction of sp³-hybridized carbons (Fsp3) is 0.526. The van der Waals surface area contributed by atoms with Gasteiger partial charge >= 0.3 is 12.0 Å². The summed E-state index contributed by atoms with van der Waals surface area (Å²) in [5, 5.41) is 12.8. The maximum atomic E-state index is 13.3. The van der Waals surface area contributed by atoms with Gasteiger partial charge in [-0.15, -0.1) is 0 Å². The van der Waals surface area contributed by atoms with Gasteiger partial charge in [0, 0.05) is 24.7 Å². The Morgan fingerprint density at radius 2 is 2.00 bits per heavy atom. The molecule has 0 radical (unpaired) electrons. The second kappa shape index (κ2) is 7.03. The van der Waals surface area contributed by atoms with Gasteiger partial charge in [0.2, 0.25) is 0 Å². The van der Waals surface area contributed by atoms with Gasteiger partial charge in [-0.2, -0.15) is 0 Å². The third-order valence-electron chi connectivity index (χ3n) is 5.95. The molecule has 7 nitrogen and oxygen atoms in total. The van der Waals surface area contributed by atoms with E-state index in [0.717, 1.165) is 25.7 Å². The maximum absolute atomic E-state index is 13.3. The lowest BCUT2D eigenvalue weighted by molar-refractivity contribution is -0.141. The number of benzene rings is 1. The first-order valence-electron chi connectivity index (χ1n) is 9.37. The molecule has 2 N–H and O–H groups in total. The third kappa shape index (κ3) is 3.14. The minimum absolute atomic E-state index is 0.0263. The number of urea groups is 1. The summed E-state index contributed by atoms with van der Waals surface area (Å²) >= 11 is 6.26. The van der Waals surface area contributed by atoms with Gasteiger partial charge < -0.3 is 15.3 Å². The highest BCUT2D eigenvalue weighted by atomic mass is 35.5. The Labute approximate surface area is 162 Å². The topological polar surface area (TPSA) is 89.9 Å². The first-order chi connectivity index (χ1) is 13.0. The zero-order chi connectivity index (χ0) is 19.1. The Balaban J connectivity index is 1.67. The predicted octanol–water partition coefficient (Wildman–Crippen LogP) is 2.73. The smallest absolute Gasteiger partial charge is 0.326 e. The van der Waals surface area contributed by atoms with E-state index in [2.05, 4.69) is 5.32 Å². The molecule has 1 aromatic rings. The molecule has 1 aromatic carbocycles. The summed E-state index contributed by atoms with van der Waals surface area (Å²) in [6.45, 7) is 0.993. The van der Waals surface area contributed by atoms with Crippen LogP contribution in [0.3, 0.4) is 0 Å². The average Bonchev–Trinajstić information content (AvgIpc) is 3.25. The molecule has 3 atom stereocenters. The van der Waals surface area contributed by atoms with E-state index in [1.165, 1.54) is 4.90 Å². The Kier molecular flexibility index (Phi) is 4.72. The van der Waals surface area contributed by atoms with E-state index in [0.29, 0.717) is 35.8 Å². The molecule has 0 spiro atoms. The molecule has 1 saturated carbocycles. The van der Waals surface area contributed by atoms with Crippen LogP contribution in [0.4, 0.5) is 10.5 Å². The summed E-state index contributed by atoms with van der Waals surface area (Å²) in [5.74, 6) is -1.000. The number of halogens is 1. The summed E-state index contributed by atoms with van der Waals surface area (Å²) in [4.78, 5) is 40.1. The standard InChI is InChI=1S/C19H22ClN3O4/c20-13-6-5-12(10-15(13)22-8-7-21-19(22)27)17(24)23-14-4-2-1-3-11(14)9-16(23)18(25)26/h5-6,10-11,14,16H,1-4,7-9H2,(H,21,27)(H,25,26)/t11-,14+,16+/m1/s1. The van der Waals surface area contributed by atoms with Crippen LogP contribution in [0.5, 0.6) is 0 Å². The molecule has 2 aliphatic heterocycles. The van der Waals surface area contributed by atoms with Crippen molar-refractivity contribution < 1.29 is 19.5 Å². The Morgan fingerprint density at radius 1 is 1.22 bits per heavy atom. The molecule has 0 bridgehead atoms. The fourth-order valence-corrected chi connectivity index (χ4v) is 4.90. The van der Waals surface area contributed by atoms with Crippen LogP contribution in [0.2, 0.25) is 5.02 Å². The Morgan fingerprint density at radius 3 is 2.70 bits per heavy atom. The maximum Gasteiger partial charge on any atom is 0.326 e. The van der Waals surface area contributed by atoms with Crippen molar-refractivity contribution in [3.8, 4) is 0 Å². The number of anilines is 1. The largest absolute Gasteiger partial charge is 0.480 e. The van der Waals surface area contributed by atoms with Gasteiger partial charge in [-0.3, -0.25) is 9.69 Å². The average molecular weight is 392 g/mol. The normalized spacial score (nSPS) is 27.4. The number of amides is 3. The molecule has 8 heteroatoms. The van der Waals surface area contributed by atoms with Gasteiger partial charge in [0.05, 0.1) is 10.7 Å². The number of carboxylic acid groups (broad SMARTS) is 1. The Hall–Kier alpha value is -2.28. The van der Waals surface area contributed by atoms with E-state index < -0.39 is 12.0 Å². The van der Waals surface area contributed by atoms with Crippen LogP contribution in [0.15, 0.2) is 18.2 Å². The molecular formula is C19H22ClN3O4. The number of hydrogen-bond donors (Lipinski definition) is 2. The SMILES string of the molecule is O=C(O)[C@@H]1C[C@H]2CCCC[C@@H]2N1C(=O)c1ccc(Cl)c(N2CCNC2=O)c1. The number of carbonyl (C=O) groups excluding carboxylic acids is 2. The van der Waals surface area contributed by atoms with Crippen molar-refractivity contribution in [3.63, 3.8) is 0 Å². The second-order valence-electron chi connectivity index (χ2n) is 7.46. The fourth-order valence-electron chi connectivity index (χ4n) is 4.68. The molecule has 3 amide bonds. The molecule has 2 saturated heterocycles. The highest BCUT2D eigenvalue weighted by molar-refractivity contribution is 6.34. The molecule has 144 valence electrons. The summed E-state index contributed by atoms with van der Waals surface area (Å²) in [5.41, 5.74) is 0.843. The van der Waals surface area contributed by atoms with Crippen molar-refractivity contribution >= 4 is 35.2 Å². The number of nitrogens with one attached hydrogen (secondary N) is 1. The number of nitrogens with zero attached hydrogens (tertiary/aromatic N) is 2. The van der Waals surface area contributed by atoms with Gasteiger partial charge in [-0.25, -0.2) is 9.59 Å². The highest BCUT2D eigenvalue weighted by Gasteiger charge is 2.47.